The van der Waals surface area contributed by atoms with Gasteiger partial charge < -0.3 is 15.8 Å². The Morgan fingerprint density at radius 2 is 1.79 bits per heavy atom. The topological polar surface area (TPSA) is 79.8 Å². The molecule has 0 aliphatic carbocycles. The van der Waals surface area contributed by atoms with Gasteiger partial charge in [-0.1, -0.05) is 50.6 Å². The molecule has 154 valence electrons. The molecule has 1 rings (SSSR count). The van der Waals surface area contributed by atoms with Crippen LogP contribution in [0.15, 0.2) is 58.7 Å². The fourth-order valence-electron chi connectivity index (χ4n) is 1.92. The number of allylic oxidation sites excluding steroid dienone is 4. The second-order valence-electron chi connectivity index (χ2n) is 5.57. The third-order valence-electron chi connectivity index (χ3n) is 3.21. The Morgan fingerprint density at radius 1 is 1.21 bits per heavy atom. The average molecular weight is 385 g/mol. The van der Waals surface area contributed by atoms with Crippen molar-refractivity contribution in [2.45, 2.75) is 41.0 Å². The van der Waals surface area contributed by atoms with Crippen LogP contribution < -0.4 is 11.1 Å². The highest BCUT2D eigenvalue weighted by Gasteiger charge is 2.04. The molecule has 0 saturated carbocycles. The smallest absolute Gasteiger partial charge is 0.133 e. The lowest BCUT2D eigenvalue weighted by atomic mass is 10.0. The SMILES string of the molecule is C=N/C=C\C(=C/C)c1cccc(/C(=C/C)NC(C)=NC)c1.CCC.NCC=O. The van der Waals surface area contributed by atoms with E-state index in [0.29, 0.717) is 6.29 Å². The highest BCUT2D eigenvalue weighted by molar-refractivity contribution is 5.89. The van der Waals surface area contributed by atoms with Gasteiger partial charge in [0.1, 0.15) is 6.29 Å². The van der Waals surface area contributed by atoms with Crippen LogP contribution in [-0.4, -0.2) is 32.4 Å². The molecule has 0 amide bonds. The minimum atomic E-state index is 0.139. The van der Waals surface area contributed by atoms with E-state index in [-0.39, 0.29) is 6.54 Å². The summed E-state index contributed by atoms with van der Waals surface area (Å²) in [4.78, 5) is 16.9. The molecule has 0 bridgehead atoms. The molecule has 0 atom stereocenters. The van der Waals surface area contributed by atoms with Crippen molar-refractivity contribution in [3.05, 3.63) is 59.8 Å². The minimum Gasteiger partial charge on any atom is -0.344 e. The highest BCUT2D eigenvalue weighted by Crippen LogP contribution is 2.21. The predicted octanol–water partition coefficient (Wildman–Crippen LogP) is 4.86. The van der Waals surface area contributed by atoms with Gasteiger partial charge in [0.05, 0.1) is 5.84 Å². The van der Waals surface area contributed by atoms with Gasteiger partial charge in [0, 0.05) is 25.5 Å². The molecular formula is C23H36N4O. The quantitative estimate of drug-likeness (QED) is 0.318. The number of nitrogens with one attached hydrogen (secondary N) is 1. The Bertz CT molecular complexity index is 686. The molecule has 0 saturated heterocycles. The van der Waals surface area contributed by atoms with E-state index in [9.17, 15) is 0 Å². The molecule has 0 aliphatic rings. The molecular weight excluding hydrogens is 348 g/mol. The van der Waals surface area contributed by atoms with E-state index >= 15 is 0 Å². The second-order valence-corrected chi connectivity index (χ2v) is 5.57. The van der Waals surface area contributed by atoms with E-state index in [0.717, 1.165) is 28.2 Å². The van der Waals surface area contributed by atoms with Crippen LogP contribution in [0.5, 0.6) is 0 Å². The number of carbonyl (C=O) groups is 1. The Balaban J connectivity index is 0. The number of amidine groups is 1. The Labute approximate surface area is 170 Å². The molecule has 28 heavy (non-hydrogen) atoms. The van der Waals surface area contributed by atoms with Gasteiger partial charge in [-0.25, -0.2) is 0 Å². The van der Waals surface area contributed by atoms with Crippen molar-refractivity contribution in [3.8, 4) is 0 Å². The molecule has 0 aliphatic heterocycles. The van der Waals surface area contributed by atoms with Crippen LogP contribution in [0, 0.1) is 0 Å². The zero-order valence-electron chi connectivity index (χ0n) is 18.2. The molecule has 5 nitrogen and oxygen atoms in total. The maximum Gasteiger partial charge on any atom is 0.133 e. The van der Waals surface area contributed by atoms with Crippen molar-refractivity contribution in [2.75, 3.05) is 13.6 Å². The number of hydrogen-bond donors (Lipinski definition) is 2. The van der Waals surface area contributed by atoms with Crippen molar-refractivity contribution in [1.29, 1.82) is 0 Å². The fraction of sp³-hybridized carbons (Fsp3) is 0.348. The van der Waals surface area contributed by atoms with Crippen LogP contribution >= 0.6 is 0 Å². The minimum absolute atomic E-state index is 0.139. The summed E-state index contributed by atoms with van der Waals surface area (Å²) >= 11 is 0. The van der Waals surface area contributed by atoms with E-state index in [1.807, 2.05) is 39.0 Å². The molecule has 1 aromatic carbocycles. The summed E-state index contributed by atoms with van der Waals surface area (Å²) in [6.45, 7) is 13.8. The van der Waals surface area contributed by atoms with Crippen LogP contribution in [0.2, 0.25) is 0 Å². The number of rotatable bonds is 6. The summed E-state index contributed by atoms with van der Waals surface area (Å²) in [5.41, 5.74) is 9.08. The molecule has 3 N–H and O–H groups in total. The first kappa shape index (κ1) is 27.4. The highest BCUT2D eigenvalue weighted by atomic mass is 16.1. The van der Waals surface area contributed by atoms with Gasteiger partial charge >= 0.3 is 0 Å². The Hall–Kier alpha value is -2.79. The van der Waals surface area contributed by atoms with Gasteiger partial charge in [-0.3, -0.25) is 9.98 Å². The number of aliphatic imine (C=N–C) groups is 2. The number of hydrogen-bond acceptors (Lipinski definition) is 4. The fourth-order valence-corrected chi connectivity index (χ4v) is 1.92. The van der Waals surface area contributed by atoms with Crippen molar-refractivity contribution in [2.24, 2.45) is 15.7 Å². The van der Waals surface area contributed by atoms with Gasteiger partial charge in [-0.15, -0.1) is 0 Å². The summed E-state index contributed by atoms with van der Waals surface area (Å²) in [6.07, 6.45) is 9.66. The number of nitrogens with two attached hydrogens (primary N) is 1. The molecule has 0 spiro atoms. The molecule has 1 aromatic rings. The van der Waals surface area contributed by atoms with Gasteiger partial charge in [-0.05, 0) is 56.3 Å². The molecule has 0 aromatic heterocycles. The lowest BCUT2D eigenvalue weighted by Gasteiger charge is -2.12. The van der Waals surface area contributed by atoms with Crippen LogP contribution in [0.3, 0.4) is 0 Å². The zero-order valence-corrected chi connectivity index (χ0v) is 18.2. The van der Waals surface area contributed by atoms with Crippen LogP contribution in [0.25, 0.3) is 11.3 Å². The largest absolute Gasteiger partial charge is 0.344 e. The van der Waals surface area contributed by atoms with Crippen LogP contribution in [-0.2, 0) is 4.79 Å². The third-order valence-corrected chi connectivity index (χ3v) is 3.21. The monoisotopic (exact) mass is 384 g/mol. The van der Waals surface area contributed by atoms with Crippen molar-refractivity contribution in [3.63, 3.8) is 0 Å². The van der Waals surface area contributed by atoms with Gasteiger partial charge in [0.25, 0.3) is 0 Å². The number of aldehydes is 1. The van der Waals surface area contributed by atoms with E-state index < -0.39 is 0 Å². The average Bonchev–Trinajstić information content (AvgIpc) is 2.73. The lowest BCUT2D eigenvalue weighted by molar-refractivity contribution is -0.106. The van der Waals surface area contributed by atoms with E-state index in [4.69, 9.17) is 4.79 Å². The van der Waals surface area contributed by atoms with Gasteiger partial charge in [0.15, 0.2) is 0 Å². The van der Waals surface area contributed by atoms with E-state index in [2.05, 4.69) is 65.9 Å². The van der Waals surface area contributed by atoms with Crippen LogP contribution in [0.1, 0.15) is 52.2 Å². The lowest BCUT2D eigenvalue weighted by Crippen LogP contribution is -2.18. The number of carbonyl (C=O) groups excluding carboxylic acids is 1. The van der Waals surface area contributed by atoms with Crippen LogP contribution in [0.4, 0.5) is 0 Å². The van der Waals surface area contributed by atoms with E-state index in [1.54, 1.807) is 13.2 Å². The first-order valence-electron chi connectivity index (χ1n) is 9.39. The molecule has 0 radical (unpaired) electrons. The normalized spacial score (nSPS) is 11.8. The predicted molar refractivity (Wildman–Crippen MR) is 126 cm³/mol. The van der Waals surface area contributed by atoms with Crippen molar-refractivity contribution in [1.82, 2.24) is 5.32 Å². The maximum absolute atomic E-state index is 9.05. The maximum atomic E-state index is 9.05. The standard InChI is InChI=1S/C18H23N3.C3H8.C2H5NO/c1-6-15(11-12-19-4)16-9-8-10-17(13-16)18(7-2)21-14(3)20-5;1-3-2;3-1-2-4/h6-13H,4H2,1-3,5H3,(H,20,21);3H2,1-2H3;2H,1,3H2/b12-11-,15-6+,18-7-;;. The van der Waals surface area contributed by atoms with Crippen molar-refractivity contribution < 1.29 is 4.79 Å². The first-order valence-corrected chi connectivity index (χ1v) is 9.39. The Kier molecular flexibility index (Phi) is 18.6. The summed E-state index contributed by atoms with van der Waals surface area (Å²) in [6, 6.07) is 8.36. The number of nitrogens with zero attached hydrogens (tertiary/aromatic N) is 2. The van der Waals surface area contributed by atoms with E-state index in [1.165, 1.54) is 6.42 Å². The number of benzene rings is 1. The molecule has 5 heteroatoms. The summed E-state index contributed by atoms with van der Waals surface area (Å²) in [5, 5.41) is 3.31. The third kappa shape index (κ3) is 12.5. The summed E-state index contributed by atoms with van der Waals surface area (Å²) in [7, 11) is 1.77. The van der Waals surface area contributed by atoms with Gasteiger partial charge in [0.2, 0.25) is 0 Å². The van der Waals surface area contributed by atoms with Gasteiger partial charge in [-0.2, -0.15) is 0 Å². The first-order chi connectivity index (χ1) is 13.5. The molecule has 0 fully saturated rings. The molecule has 0 heterocycles. The Morgan fingerprint density at radius 3 is 2.21 bits per heavy atom. The summed E-state index contributed by atoms with van der Waals surface area (Å²) in [5.74, 6) is 0.885. The zero-order chi connectivity index (χ0) is 21.8. The second kappa shape index (κ2) is 19.0. The van der Waals surface area contributed by atoms with Crippen molar-refractivity contribution >= 4 is 30.1 Å². The summed E-state index contributed by atoms with van der Waals surface area (Å²) < 4.78 is 0. The molecule has 0 unspecified atom stereocenters.